The standard InChI is InChI=1S/C22H24O13/c1-6-15(23)30-11-13(32-16(24)7-2)20(34-18(26)9-4)21(35-19(27)10-5)14(12-31-22(28)29)33-17(25)8-3/h6-10,13-14,20-21H,1-5,11-12H2,(H,28,29). The summed E-state index contributed by atoms with van der Waals surface area (Å²) >= 11 is 0. The smallest absolute Gasteiger partial charge is 0.458 e. The van der Waals surface area contributed by atoms with E-state index in [4.69, 9.17) is 28.8 Å². The summed E-state index contributed by atoms with van der Waals surface area (Å²) in [5, 5.41) is 8.87. The van der Waals surface area contributed by atoms with Gasteiger partial charge in [0.1, 0.15) is 13.2 Å². The Kier molecular flexibility index (Phi) is 13.9. The molecule has 0 aliphatic heterocycles. The molecule has 0 aliphatic carbocycles. The van der Waals surface area contributed by atoms with E-state index in [2.05, 4.69) is 37.6 Å². The highest BCUT2D eigenvalue weighted by Gasteiger charge is 2.45. The van der Waals surface area contributed by atoms with Crippen molar-refractivity contribution >= 4 is 36.0 Å². The van der Waals surface area contributed by atoms with E-state index in [9.17, 15) is 28.8 Å². The van der Waals surface area contributed by atoms with Gasteiger partial charge in [-0.05, 0) is 0 Å². The molecule has 190 valence electrons. The molecule has 0 fully saturated rings. The van der Waals surface area contributed by atoms with Crippen LogP contribution in [0.1, 0.15) is 0 Å². The molecule has 0 saturated carbocycles. The molecule has 4 unspecified atom stereocenters. The van der Waals surface area contributed by atoms with Crippen molar-refractivity contribution in [1.29, 1.82) is 0 Å². The van der Waals surface area contributed by atoms with E-state index in [1.165, 1.54) is 0 Å². The number of hydrogen-bond acceptors (Lipinski definition) is 12. The Morgan fingerprint density at radius 2 is 0.857 bits per heavy atom. The first kappa shape index (κ1) is 30.3. The lowest BCUT2D eigenvalue weighted by Crippen LogP contribution is -2.54. The van der Waals surface area contributed by atoms with Gasteiger partial charge >= 0.3 is 36.0 Å². The summed E-state index contributed by atoms with van der Waals surface area (Å²) in [5.74, 6) is -5.46. The number of ether oxygens (including phenoxy) is 6. The average molecular weight is 496 g/mol. The van der Waals surface area contributed by atoms with Crippen LogP contribution in [-0.2, 0) is 52.4 Å². The molecule has 35 heavy (non-hydrogen) atoms. The first-order valence-electron chi connectivity index (χ1n) is 9.49. The Labute approximate surface area is 199 Å². The molecule has 13 heteroatoms. The molecule has 1 N–H and O–H groups in total. The second kappa shape index (κ2) is 16.0. The molecule has 0 saturated heterocycles. The zero-order valence-corrected chi connectivity index (χ0v) is 18.5. The highest BCUT2D eigenvalue weighted by atomic mass is 16.7. The summed E-state index contributed by atoms with van der Waals surface area (Å²) in [7, 11) is 0. The average Bonchev–Trinajstić information content (AvgIpc) is 2.85. The fourth-order valence-corrected chi connectivity index (χ4v) is 2.24. The molecule has 13 nitrogen and oxygen atoms in total. The summed E-state index contributed by atoms with van der Waals surface area (Å²) < 4.78 is 29.7. The van der Waals surface area contributed by atoms with Gasteiger partial charge in [-0.2, -0.15) is 0 Å². The van der Waals surface area contributed by atoms with Gasteiger partial charge in [0, 0.05) is 30.4 Å². The minimum Gasteiger partial charge on any atom is -0.458 e. The van der Waals surface area contributed by atoms with Crippen LogP contribution in [0.15, 0.2) is 63.3 Å². The van der Waals surface area contributed by atoms with Gasteiger partial charge in [-0.3, -0.25) is 0 Å². The Morgan fingerprint density at radius 3 is 1.17 bits per heavy atom. The van der Waals surface area contributed by atoms with Crippen molar-refractivity contribution in [3.63, 3.8) is 0 Å². The zero-order chi connectivity index (χ0) is 27.0. The maximum atomic E-state index is 12.1. The molecule has 0 spiro atoms. The molecule has 0 rings (SSSR count). The van der Waals surface area contributed by atoms with Crippen molar-refractivity contribution < 1.29 is 62.3 Å². The molecule has 0 bridgehead atoms. The summed E-state index contributed by atoms with van der Waals surface area (Å²) in [6.07, 6.45) is -5.51. The summed E-state index contributed by atoms with van der Waals surface area (Å²) in [5.41, 5.74) is 0. The lowest BCUT2D eigenvalue weighted by atomic mass is 10.0. The minimum absolute atomic E-state index is 0.687. The first-order chi connectivity index (χ1) is 16.5. The minimum atomic E-state index is -1.90. The van der Waals surface area contributed by atoms with E-state index in [1.54, 1.807) is 0 Å². The van der Waals surface area contributed by atoms with Crippen LogP contribution in [0.4, 0.5) is 4.79 Å². The van der Waals surface area contributed by atoms with E-state index in [1.807, 2.05) is 0 Å². The van der Waals surface area contributed by atoms with Crippen LogP contribution in [0.5, 0.6) is 0 Å². The molecule has 0 heterocycles. The molecule has 0 aromatic carbocycles. The van der Waals surface area contributed by atoms with Crippen molar-refractivity contribution in [1.82, 2.24) is 0 Å². The predicted octanol–water partition coefficient (Wildman–Crippen LogP) is 0.801. The van der Waals surface area contributed by atoms with Gasteiger partial charge < -0.3 is 33.5 Å². The number of carbonyl (C=O) groups excluding carboxylic acids is 5. The maximum absolute atomic E-state index is 12.1. The van der Waals surface area contributed by atoms with Crippen LogP contribution in [0, 0.1) is 0 Å². The molecule has 0 radical (unpaired) electrons. The van der Waals surface area contributed by atoms with Crippen LogP contribution in [0.2, 0.25) is 0 Å². The fourth-order valence-electron chi connectivity index (χ4n) is 2.24. The molecular formula is C22H24O13. The monoisotopic (exact) mass is 496 g/mol. The van der Waals surface area contributed by atoms with Crippen molar-refractivity contribution in [3.8, 4) is 0 Å². The van der Waals surface area contributed by atoms with E-state index in [-0.39, 0.29) is 0 Å². The quantitative estimate of drug-likeness (QED) is 0.180. The van der Waals surface area contributed by atoms with Gasteiger partial charge in [-0.25, -0.2) is 28.8 Å². The van der Waals surface area contributed by atoms with E-state index < -0.39 is 73.6 Å². The Hall–Kier alpha value is -4.68. The van der Waals surface area contributed by atoms with Gasteiger partial charge in [-0.1, -0.05) is 32.9 Å². The number of carbonyl (C=O) groups is 6. The number of hydrogen-bond donors (Lipinski definition) is 1. The second-order valence-electron chi connectivity index (χ2n) is 5.98. The Morgan fingerprint density at radius 1 is 0.543 bits per heavy atom. The SMILES string of the molecule is C=CC(=O)OCC(OC(=O)C=C)C(OC(=O)C=C)C(OC(=O)C=C)C(COC(=O)O)OC(=O)C=C. The molecule has 0 aromatic heterocycles. The molecular weight excluding hydrogens is 472 g/mol. The summed E-state index contributed by atoms with van der Waals surface area (Å²) in [6.45, 7) is 14.3. The van der Waals surface area contributed by atoms with Crippen molar-refractivity contribution in [3.05, 3.63) is 63.3 Å². The van der Waals surface area contributed by atoms with Gasteiger partial charge in [0.2, 0.25) is 0 Å². The topological polar surface area (TPSA) is 178 Å². The number of esters is 5. The maximum Gasteiger partial charge on any atom is 0.505 e. The third kappa shape index (κ3) is 11.7. The van der Waals surface area contributed by atoms with Gasteiger partial charge in [-0.15, -0.1) is 0 Å². The number of carboxylic acid groups (broad SMARTS) is 1. The third-order valence-electron chi connectivity index (χ3n) is 3.69. The lowest BCUT2D eigenvalue weighted by molar-refractivity contribution is -0.201. The molecule has 0 aromatic rings. The van der Waals surface area contributed by atoms with E-state index in [0.29, 0.717) is 18.2 Å². The van der Waals surface area contributed by atoms with Crippen molar-refractivity contribution in [2.24, 2.45) is 0 Å². The Bertz CT molecular complexity index is 873. The van der Waals surface area contributed by atoms with Crippen LogP contribution in [-0.4, -0.2) is 78.7 Å². The van der Waals surface area contributed by atoms with Crippen LogP contribution in [0.3, 0.4) is 0 Å². The summed E-state index contributed by atoms with van der Waals surface area (Å²) in [4.78, 5) is 70.4. The van der Waals surface area contributed by atoms with Crippen molar-refractivity contribution in [2.45, 2.75) is 24.4 Å². The van der Waals surface area contributed by atoms with Crippen LogP contribution < -0.4 is 0 Å². The van der Waals surface area contributed by atoms with Gasteiger partial charge in [0.15, 0.2) is 24.4 Å². The third-order valence-corrected chi connectivity index (χ3v) is 3.69. The van der Waals surface area contributed by atoms with E-state index >= 15 is 0 Å². The molecule has 4 atom stereocenters. The van der Waals surface area contributed by atoms with E-state index in [0.717, 1.165) is 12.2 Å². The highest BCUT2D eigenvalue weighted by molar-refractivity contribution is 5.84. The second-order valence-corrected chi connectivity index (χ2v) is 5.98. The molecule has 0 aliphatic rings. The molecule has 0 amide bonds. The highest BCUT2D eigenvalue weighted by Crippen LogP contribution is 2.21. The first-order valence-corrected chi connectivity index (χ1v) is 9.49. The van der Waals surface area contributed by atoms with Gasteiger partial charge in [0.25, 0.3) is 0 Å². The predicted molar refractivity (Wildman–Crippen MR) is 115 cm³/mol. The summed E-state index contributed by atoms with van der Waals surface area (Å²) in [6, 6.07) is 0. The van der Waals surface area contributed by atoms with Gasteiger partial charge in [0.05, 0.1) is 0 Å². The van der Waals surface area contributed by atoms with Crippen LogP contribution >= 0.6 is 0 Å². The largest absolute Gasteiger partial charge is 0.505 e. The fraction of sp³-hybridized carbons (Fsp3) is 0.273. The van der Waals surface area contributed by atoms with Crippen molar-refractivity contribution in [2.75, 3.05) is 13.2 Å². The lowest BCUT2D eigenvalue weighted by Gasteiger charge is -2.34. The van der Waals surface area contributed by atoms with Crippen LogP contribution in [0.25, 0.3) is 0 Å². The zero-order valence-electron chi connectivity index (χ0n) is 18.5. The normalized spacial score (nSPS) is 13.1. The number of rotatable bonds is 16. The Balaban J connectivity index is 6.69.